The molecule has 0 heterocycles. The first kappa shape index (κ1) is 17.0. The molecular weight excluding hydrogens is 319 g/mol. The molecule has 2 aromatic rings. The van der Waals surface area contributed by atoms with Crippen LogP contribution in [0.25, 0.3) is 0 Å². The van der Waals surface area contributed by atoms with Gasteiger partial charge in [-0.3, -0.25) is 9.52 Å². The van der Waals surface area contributed by atoms with Crippen molar-refractivity contribution in [3.63, 3.8) is 0 Å². The average Bonchev–Trinajstić information content (AvgIpc) is 2.48. The predicted molar refractivity (Wildman–Crippen MR) is 87.3 cm³/mol. The van der Waals surface area contributed by atoms with Gasteiger partial charge in [-0.05, 0) is 42.3 Å². The van der Waals surface area contributed by atoms with Crippen molar-refractivity contribution in [1.82, 2.24) is 5.32 Å². The first-order chi connectivity index (χ1) is 10.8. The predicted octanol–water partition coefficient (Wildman–Crippen LogP) is 2.17. The van der Waals surface area contributed by atoms with Gasteiger partial charge in [0.05, 0.1) is 6.26 Å². The van der Waals surface area contributed by atoms with E-state index in [2.05, 4.69) is 10.0 Å². The number of benzene rings is 2. The van der Waals surface area contributed by atoms with Gasteiger partial charge in [0.2, 0.25) is 10.0 Å². The van der Waals surface area contributed by atoms with Crippen molar-refractivity contribution in [3.8, 4) is 0 Å². The summed E-state index contributed by atoms with van der Waals surface area (Å²) in [5, 5.41) is 2.74. The number of anilines is 1. The number of carbonyl (C=O) groups is 1. The van der Waals surface area contributed by atoms with Crippen LogP contribution >= 0.6 is 0 Å². The Morgan fingerprint density at radius 2 is 1.83 bits per heavy atom. The zero-order valence-corrected chi connectivity index (χ0v) is 13.4. The van der Waals surface area contributed by atoms with Gasteiger partial charge in [0, 0.05) is 17.8 Å². The number of sulfonamides is 1. The minimum absolute atomic E-state index is 0.298. The highest BCUT2D eigenvalue weighted by Gasteiger charge is 2.08. The van der Waals surface area contributed by atoms with E-state index in [0.29, 0.717) is 24.2 Å². The Morgan fingerprint density at radius 1 is 1.13 bits per heavy atom. The quantitative estimate of drug-likeness (QED) is 0.849. The lowest BCUT2D eigenvalue weighted by Gasteiger charge is -2.08. The summed E-state index contributed by atoms with van der Waals surface area (Å²) in [6.45, 7) is 0.397. The van der Waals surface area contributed by atoms with Crippen LogP contribution < -0.4 is 10.0 Å². The van der Waals surface area contributed by atoms with Gasteiger partial charge in [-0.1, -0.05) is 18.2 Å². The highest BCUT2D eigenvalue weighted by Crippen LogP contribution is 2.12. The van der Waals surface area contributed by atoms with Crippen molar-refractivity contribution in [2.45, 2.75) is 6.42 Å². The summed E-state index contributed by atoms with van der Waals surface area (Å²) < 4.78 is 37.5. The van der Waals surface area contributed by atoms with Crippen molar-refractivity contribution in [3.05, 3.63) is 65.5 Å². The molecule has 23 heavy (non-hydrogen) atoms. The number of rotatable bonds is 6. The fourth-order valence-electron chi connectivity index (χ4n) is 2.01. The first-order valence-corrected chi connectivity index (χ1v) is 8.83. The van der Waals surface area contributed by atoms with Gasteiger partial charge in [-0.25, -0.2) is 12.8 Å². The standard InChI is InChI=1S/C16H17FN2O3S/c1-23(21,22)19-15-4-2-3-13(11-15)16(20)18-10-9-12-5-7-14(17)8-6-12/h2-8,11,19H,9-10H2,1H3,(H,18,20). The van der Waals surface area contributed by atoms with Crippen LogP contribution in [0.1, 0.15) is 15.9 Å². The lowest BCUT2D eigenvalue weighted by Crippen LogP contribution is -2.25. The number of halogens is 1. The Hall–Kier alpha value is -2.41. The average molecular weight is 336 g/mol. The maximum absolute atomic E-state index is 12.8. The number of hydrogen-bond acceptors (Lipinski definition) is 3. The van der Waals surface area contributed by atoms with Crippen LogP contribution in [-0.4, -0.2) is 27.1 Å². The van der Waals surface area contributed by atoms with Crippen molar-refractivity contribution >= 4 is 21.6 Å². The summed E-state index contributed by atoms with van der Waals surface area (Å²) in [5.74, 6) is -0.600. The Bertz CT molecular complexity index is 789. The third-order valence-electron chi connectivity index (χ3n) is 3.04. The van der Waals surface area contributed by atoms with Gasteiger partial charge in [0.1, 0.15) is 5.82 Å². The Morgan fingerprint density at radius 3 is 2.48 bits per heavy atom. The molecule has 2 N–H and O–H groups in total. The molecule has 2 aromatic carbocycles. The van der Waals surface area contributed by atoms with Crippen molar-refractivity contribution < 1.29 is 17.6 Å². The van der Waals surface area contributed by atoms with E-state index in [-0.39, 0.29) is 11.7 Å². The van der Waals surface area contributed by atoms with E-state index in [1.807, 2.05) is 0 Å². The highest BCUT2D eigenvalue weighted by molar-refractivity contribution is 7.92. The lowest BCUT2D eigenvalue weighted by atomic mass is 10.1. The molecule has 0 aliphatic heterocycles. The van der Waals surface area contributed by atoms with Gasteiger partial charge in [-0.2, -0.15) is 0 Å². The second-order valence-electron chi connectivity index (χ2n) is 5.09. The van der Waals surface area contributed by atoms with Crippen LogP contribution in [0.15, 0.2) is 48.5 Å². The largest absolute Gasteiger partial charge is 0.352 e. The lowest BCUT2D eigenvalue weighted by molar-refractivity contribution is 0.0954. The van der Waals surface area contributed by atoms with E-state index in [9.17, 15) is 17.6 Å². The van der Waals surface area contributed by atoms with Crippen molar-refractivity contribution in [2.75, 3.05) is 17.5 Å². The van der Waals surface area contributed by atoms with E-state index >= 15 is 0 Å². The molecule has 7 heteroatoms. The Balaban J connectivity index is 1.93. The van der Waals surface area contributed by atoms with Gasteiger partial charge >= 0.3 is 0 Å². The first-order valence-electron chi connectivity index (χ1n) is 6.94. The normalized spacial score (nSPS) is 11.0. The SMILES string of the molecule is CS(=O)(=O)Nc1cccc(C(=O)NCCc2ccc(F)cc2)c1. The Labute approximate surface area is 134 Å². The van der Waals surface area contributed by atoms with E-state index in [1.54, 1.807) is 30.3 Å². The zero-order chi connectivity index (χ0) is 16.9. The molecule has 0 bridgehead atoms. The second-order valence-corrected chi connectivity index (χ2v) is 6.84. The van der Waals surface area contributed by atoms with Crippen LogP contribution in [0, 0.1) is 5.82 Å². The molecule has 0 aliphatic rings. The molecule has 0 radical (unpaired) electrons. The molecule has 0 saturated heterocycles. The van der Waals surface area contributed by atoms with E-state index in [1.165, 1.54) is 18.2 Å². The summed E-state index contributed by atoms with van der Waals surface area (Å²) in [6.07, 6.45) is 1.62. The highest BCUT2D eigenvalue weighted by atomic mass is 32.2. The molecular formula is C16H17FN2O3S. The summed E-state index contributed by atoms with van der Waals surface area (Å²) in [6, 6.07) is 12.3. The Kier molecular flexibility index (Phi) is 5.33. The molecule has 0 fully saturated rings. The van der Waals surface area contributed by atoms with Gasteiger partial charge in [-0.15, -0.1) is 0 Å². The van der Waals surface area contributed by atoms with E-state index in [4.69, 9.17) is 0 Å². The van der Waals surface area contributed by atoms with Gasteiger partial charge in [0.15, 0.2) is 0 Å². The summed E-state index contributed by atoms with van der Waals surface area (Å²) in [4.78, 5) is 12.1. The van der Waals surface area contributed by atoms with Gasteiger partial charge < -0.3 is 5.32 Å². The third kappa shape index (κ3) is 5.71. The fraction of sp³-hybridized carbons (Fsp3) is 0.188. The second kappa shape index (κ2) is 7.23. The number of nitrogens with one attached hydrogen (secondary N) is 2. The monoisotopic (exact) mass is 336 g/mol. The fourth-order valence-corrected chi connectivity index (χ4v) is 2.57. The molecule has 0 aromatic heterocycles. The minimum Gasteiger partial charge on any atom is -0.352 e. The topological polar surface area (TPSA) is 75.3 Å². The molecule has 2 rings (SSSR count). The molecule has 122 valence electrons. The number of hydrogen-bond donors (Lipinski definition) is 2. The summed E-state index contributed by atoms with van der Waals surface area (Å²) >= 11 is 0. The smallest absolute Gasteiger partial charge is 0.251 e. The number of amides is 1. The van der Waals surface area contributed by atoms with Crippen LogP contribution in [0.2, 0.25) is 0 Å². The minimum atomic E-state index is -3.39. The molecule has 5 nitrogen and oxygen atoms in total. The summed E-state index contributed by atoms with van der Waals surface area (Å²) in [7, 11) is -3.39. The maximum Gasteiger partial charge on any atom is 0.251 e. The molecule has 0 aliphatic carbocycles. The van der Waals surface area contributed by atoms with Crippen molar-refractivity contribution in [2.24, 2.45) is 0 Å². The van der Waals surface area contributed by atoms with Gasteiger partial charge in [0.25, 0.3) is 5.91 Å². The van der Waals surface area contributed by atoms with Crippen LogP contribution in [0.5, 0.6) is 0 Å². The third-order valence-corrected chi connectivity index (χ3v) is 3.65. The van der Waals surface area contributed by atoms with Crippen LogP contribution in [0.3, 0.4) is 0 Å². The maximum atomic E-state index is 12.8. The molecule has 0 saturated carbocycles. The summed E-state index contributed by atoms with van der Waals surface area (Å²) in [5.41, 5.74) is 1.61. The van der Waals surface area contributed by atoms with E-state index in [0.717, 1.165) is 11.8 Å². The van der Waals surface area contributed by atoms with Crippen molar-refractivity contribution in [1.29, 1.82) is 0 Å². The zero-order valence-electron chi connectivity index (χ0n) is 12.5. The van der Waals surface area contributed by atoms with Crippen LogP contribution in [0.4, 0.5) is 10.1 Å². The van der Waals surface area contributed by atoms with Crippen LogP contribution in [-0.2, 0) is 16.4 Å². The number of carbonyl (C=O) groups excluding carboxylic acids is 1. The molecule has 0 unspecified atom stereocenters. The molecule has 1 amide bonds. The molecule has 0 spiro atoms. The molecule has 0 atom stereocenters. The van der Waals surface area contributed by atoms with E-state index < -0.39 is 10.0 Å².